The van der Waals surface area contributed by atoms with Gasteiger partial charge in [-0.15, -0.1) is 0 Å². The maximum Gasteiger partial charge on any atom is 0.119 e. The van der Waals surface area contributed by atoms with E-state index < -0.39 is 6.10 Å². The Morgan fingerprint density at radius 2 is 1.60 bits per heavy atom. The molecule has 3 N–H and O–H groups in total. The summed E-state index contributed by atoms with van der Waals surface area (Å²) in [6, 6.07) is 7.88. The van der Waals surface area contributed by atoms with Crippen molar-refractivity contribution in [2.24, 2.45) is 0 Å². The Morgan fingerprint density at radius 1 is 1.08 bits per heavy atom. The fourth-order valence-corrected chi connectivity index (χ4v) is 3.82. The van der Waals surface area contributed by atoms with Crippen LogP contribution < -0.4 is 20.1 Å². The van der Waals surface area contributed by atoms with Gasteiger partial charge < -0.3 is 25.2 Å². The monoisotopic (exact) mass is 350 g/mol. The summed E-state index contributed by atoms with van der Waals surface area (Å²) in [5, 5.41) is 17.4. The van der Waals surface area contributed by atoms with E-state index in [1.54, 1.807) is 0 Å². The number of rotatable bonds is 8. The van der Waals surface area contributed by atoms with Crippen LogP contribution in [0.15, 0.2) is 24.3 Å². The van der Waals surface area contributed by atoms with Gasteiger partial charge >= 0.3 is 0 Å². The number of aliphatic hydroxyl groups excluding tert-OH is 1. The van der Waals surface area contributed by atoms with Crippen molar-refractivity contribution in [3.05, 3.63) is 24.3 Å². The average molecular weight is 351 g/mol. The Hall–Kier alpha value is -1.30. The van der Waals surface area contributed by atoms with E-state index in [4.69, 9.17) is 9.47 Å². The standard InChI is InChI=1S/C20H34N2O3/c1-6-24-17-7-9-18(10-8-17)25-14-16(23)13-21-15-11-19(2,3)22-20(4,5)12-15/h7-10,15-16,21-23H,6,11-14H2,1-5H3/t16-/m0/s1. The molecule has 2 rings (SSSR count). The van der Waals surface area contributed by atoms with Crippen molar-refractivity contribution in [3.8, 4) is 11.5 Å². The summed E-state index contributed by atoms with van der Waals surface area (Å²) in [4.78, 5) is 0. The first-order valence-electron chi connectivity index (χ1n) is 9.25. The molecule has 5 nitrogen and oxygen atoms in total. The van der Waals surface area contributed by atoms with Gasteiger partial charge in [0.05, 0.1) is 6.61 Å². The molecule has 1 heterocycles. The number of piperidine rings is 1. The lowest BCUT2D eigenvalue weighted by molar-refractivity contribution is 0.0901. The minimum atomic E-state index is -0.535. The number of ether oxygens (including phenoxy) is 2. The van der Waals surface area contributed by atoms with Crippen molar-refractivity contribution in [3.63, 3.8) is 0 Å². The maximum atomic E-state index is 10.2. The van der Waals surface area contributed by atoms with E-state index in [1.165, 1.54) is 0 Å². The van der Waals surface area contributed by atoms with Crippen LogP contribution in [0, 0.1) is 0 Å². The highest BCUT2D eigenvalue weighted by atomic mass is 16.5. The largest absolute Gasteiger partial charge is 0.494 e. The summed E-state index contributed by atoms with van der Waals surface area (Å²) in [6.45, 7) is 12.3. The van der Waals surface area contributed by atoms with Gasteiger partial charge in [-0.3, -0.25) is 0 Å². The van der Waals surface area contributed by atoms with Crippen LogP contribution in [0.25, 0.3) is 0 Å². The maximum absolute atomic E-state index is 10.2. The van der Waals surface area contributed by atoms with E-state index in [2.05, 4.69) is 38.3 Å². The smallest absolute Gasteiger partial charge is 0.119 e. The summed E-state index contributed by atoms with van der Waals surface area (Å²) in [7, 11) is 0. The Bertz CT molecular complexity index is 512. The number of aliphatic hydroxyl groups is 1. The zero-order valence-corrected chi connectivity index (χ0v) is 16.3. The second kappa shape index (κ2) is 8.39. The molecule has 1 aliphatic rings. The minimum Gasteiger partial charge on any atom is -0.494 e. The van der Waals surface area contributed by atoms with Crippen LogP contribution in [0.4, 0.5) is 0 Å². The fourth-order valence-electron chi connectivity index (χ4n) is 3.82. The number of nitrogens with one attached hydrogen (secondary N) is 2. The predicted molar refractivity (Wildman–Crippen MR) is 101 cm³/mol. The van der Waals surface area contributed by atoms with Gasteiger partial charge in [0.15, 0.2) is 0 Å². The van der Waals surface area contributed by atoms with Gasteiger partial charge in [-0.05, 0) is 71.7 Å². The number of hydrogen-bond acceptors (Lipinski definition) is 5. The highest BCUT2D eigenvalue weighted by molar-refractivity contribution is 5.31. The molecule has 0 aliphatic carbocycles. The van der Waals surface area contributed by atoms with Crippen LogP contribution in [0.3, 0.4) is 0 Å². The van der Waals surface area contributed by atoms with E-state index >= 15 is 0 Å². The first-order valence-corrected chi connectivity index (χ1v) is 9.25. The van der Waals surface area contributed by atoms with Gasteiger partial charge in [-0.25, -0.2) is 0 Å². The van der Waals surface area contributed by atoms with Crippen LogP contribution >= 0.6 is 0 Å². The lowest BCUT2D eigenvalue weighted by Gasteiger charge is -2.47. The summed E-state index contributed by atoms with van der Waals surface area (Å²) in [5.41, 5.74) is 0.201. The molecule has 1 aromatic carbocycles. The van der Waals surface area contributed by atoms with Crippen LogP contribution in [0.5, 0.6) is 11.5 Å². The molecule has 1 aromatic rings. The summed E-state index contributed by atoms with van der Waals surface area (Å²) in [5.74, 6) is 1.57. The molecule has 25 heavy (non-hydrogen) atoms. The van der Waals surface area contributed by atoms with E-state index in [-0.39, 0.29) is 17.7 Å². The van der Waals surface area contributed by atoms with Gasteiger partial charge in [0, 0.05) is 23.7 Å². The Kier molecular flexibility index (Phi) is 6.72. The van der Waals surface area contributed by atoms with Crippen LogP contribution in [-0.2, 0) is 0 Å². The molecular formula is C20H34N2O3. The first-order chi connectivity index (χ1) is 11.7. The molecule has 5 heteroatoms. The molecule has 142 valence electrons. The zero-order valence-electron chi connectivity index (χ0n) is 16.3. The molecule has 0 bridgehead atoms. The van der Waals surface area contributed by atoms with Gasteiger partial charge in [-0.1, -0.05) is 0 Å². The lowest BCUT2D eigenvalue weighted by Crippen LogP contribution is -2.62. The zero-order chi connectivity index (χ0) is 18.5. The quantitative estimate of drug-likeness (QED) is 0.673. The lowest BCUT2D eigenvalue weighted by atomic mass is 9.79. The Morgan fingerprint density at radius 3 is 2.12 bits per heavy atom. The van der Waals surface area contributed by atoms with E-state index in [9.17, 15) is 5.11 Å². The van der Waals surface area contributed by atoms with Crippen LogP contribution in [-0.4, -0.2) is 48.1 Å². The number of benzene rings is 1. The van der Waals surface area contributed by atoms with E-state index in [0.29, 0.717) is 19.2 Å². The average Bonchev–Trinajstić information content (AvgIpc) is 2.49. The Labute approximate surface area is 152 Å². The molecule has 0 radical (unpaired) electrons. The molecule has 1 aliphatic heterocycles. The molecule has 1 fully saturated rings. The third-order valence-corrected chi connectivity index (χ3v) is 4.41. The molecule has 0 saturated carbocycles. The van der Waals surface area contributed by atoms with Gasteiger partial charge in [0.25, 0.3) is 0 Å². The van der Waals surface area contributed by atoms with Crippen LogP contribution in [0.2, 0.25) is 0 Å². The third kappa shape index (κ3) is 6.84. The fraction of sp³-hybridized carbons (Fsp3) is 0.700. The van der Waals surface area contributed by atoms with Crippen LogP contribution in [0.1, 0.15) is 47.5 Å². The second-order valence-electron chi connectivity index (χ2n) is 8.28. The predicted octanol–water partition coefficient (Wildman–Crippen LogP) is 2.72. The SMILES string of the molecule is CCOc1ccc(OC[C@@H](O)CNC2CC(C)(C)NC(C)(C)C2)cc1. The summed E-state index contributed by atoms with van der Waals surface area (Å²) >= 11 is 0. The van der Waals surface area contributed by atoms with E-state index in [0.717, 1.165) is 24.3 Å². The summed E-state index contributed by atoms with van der Waals surface area (Å²) in [6.07, 6.45) is 1.55. The molecule has 1 saturated heterocycles. The Balaban J connectivity index is 1.74. The molecule has 0 aromatic heterocycles. The minimum absolute atomic E-state index is 0.100. The second-order valence-corrected chi connectivity index (χ2v) is 8.28. The number of hydrogen-bond donors (Lipinski definition) is 3. The molecule has 1 atom stereocenters. The third-order valence-electron chi connectivity index (χ3n) is 4.41. The van der Waals surface area contributed by atoms with Crippen molar-refractivity contribution in [2.45, 2.75) is 70.7 Å². The van der Waals surface area contributed by atoms with Crippen molar-refractivity contribution in [2.75, 3.05) is 19.8 Å². The van der Waals surface area contributed by atoms with Crippen molar-refractivity contribution < 1.29 is 14.6 Å². The molecule has 0 unspecified atom stereocenters. The molecule has 0 spiro atoms. The van der Waals surface area contributed by atoms with E-state index in [1.807, 2.05) is 31.2 Å². The molecular weight excluding hydrogens is 316 g/mol. The highest BCUT2D eigenvalue weighted by Gasteiger charge is 2.37. The van der Waals surface area contributed by atoms with Gasteiger partial charge in [-0.2, -0.15) is 0 Å². The normalized spacial score (nSPS) is 20.9. The van der Waals surface area contributed by atoms with Crippen molar-refractivity contribution in [1.29, 1.82) is 0 Å². The van der Waals surface area contributed by atoms with Gasteiger partial charge in [0.1, 0.15) is 24.2 Å². The van der Waals surface area contributed by atoms with Crippen molar-refractivity contribution in [1.82, 2.24) is 10.6 Å². The first kappa shape index (κ1) is 20.0. The topological polar surface area (TPSA) is 62.8 Å². The molecule has 0 amide bonds. The van der Waals surface area contributed by atoms with Crippen molar-refractivity contribution >= 4 is 0 Å². The summed E-state index contributed by atoms with van der Waals surface area (Å²) < 4.78 is 11.1. The highest BCUT2D eigenvalue weighted by Crippen LogP contribution is 2.28. The van der Waals surface area contributed by atoms with Gasteiger partial charge in [0.2, 0.25) is 0 Å².